The number of aromatic nitrogens is 4. The Labute approximate surface area is 212 Å². The Morgan fingerprint density at radius 3 is 2.73 bits per heavy atom. The van der Waals surface area contributed by atoms with Crippen LogP contribution in [0.5, 0.6) is 5.75 Å². The highest BCUT2D eigenvalue weighted by Crippen LogP contribution is 2.72. The Kier molecular flexibility index (Phi) is 5.66. The number of fused-ring (bicyclic) bond motifs is 1. The molecule has 2 aliphatic carbocycles. The topological polar surface area (TPSA) is 120 Å². The number of carbonyl (C=O) groups is 1. The highest BCUT2D eigenvalue weighted by atomic mass is 19.3. The van der Waals surface area contributed by atoms with Gasteiger partial charge < -0.3 is 25.4 Å². The Morgan fingerprint density at radius 1 is 1.27 bits per heavy atom. The van der Waals surface area contributed by atoms with Gasteiger partial charge in [-0.1, -0.05) is 6.07 Å². The number of ether oxygens (including phenoxy) is 2. The van der Waals surface area contributed by atoms with Crippen LogP contribution in [-0.4, -0.2) is 76.4 Å². The lowest BCUT2D eigenvalue weighted by Gasteiger charge is -2.36. The summed E-state index contributed by atoms with van der Waals surface area (Å²) in [7, 11) is 1.56. The van der Waals surface area contributed by atoms with Crippen LogP contribution in [0.25, 0.3) is 11.0 Å². The van der Waals surface area contributed by atoms with Crippen molar-refractivity contribution in [2.45, 2.75) is 31.7 Å². The van der Waals surface area contributed by atoms with Crippen LogP contribution >= 0.6 is 0 Å². The monoisotopic (exact) mass is 513 g/mol. The summed E-state index contributed by atoms with van der Waals surface area (Å²) in [6.07, 6.45) is 2.66. The number of methoxy groups -OCH3 is 1. The van der Waals surface area contributed by atoms with E-state index >= 15 is 0 Å². The third-order valence-electron chi connectivity index (χ3n) is 7.79. The van der Waals surface area contributed by atoms with Crippen molar-refractivity contribution in [2.24, 2.45) is 11.3 Å². The van der Waals surface area contributed by atoms with Crippen LogP contribution in [0, 0.1) is 11.3 Å². The molecule has 3 aliphatic rings. The first-order valence-electron chi connectivity index (χ1n) is 12.4. The van der Waals surface area contributed by atoms with Crippen molar-refractivity contribution >= 4 is 28.7 Å². The molecule has 1 aromatic carbocycles. The fourth-order valence-corrected chi connectivity index (χ4v) is 5.63. The number of nitrogens with one attached hydrogen (secondary N) is 1. The molecule has 1 amide bonds. The second kappa shape index (κ2) is 8.79. The minimum atomic E-state index is -2.50. The molecule has 1 spiro atoms. The Morgan fingerprint density at radius 2 is 2.03 bits per heavy atom. The minimum Gasteiger partial charge on any atom is -0.496 e. The van der Waals surface area contributed by atoms with Gasteiger partial charge in [0.25, 0.3) is 11.8 Å². The molecule has 0 atom stereocenters. The van der Waals surface area contributed by atoms with Crippen LogP contribution in [0.1, 0.15) is 35.2 Å². The van der Waals surface area contributed by atoms with E-state index in [2.05, 4.69) is 20.4 Å². The Balaban J connectivity index is 1.21. The Bertz CT molecular complexity index is 1350. The predicted octanol–water partition coefficient (Wildman–Crippen LogP) is 2.79. The number of halogens is 2. The van der Waals surface area contributed by atoms with E-state index in [1.807, 2.05) is 6.07 Å². The van der Waals surface area contributed by atoms with E-state index in [-0.39, 0.29) is 24.2 Å². The molecule has 196 valence electrons. The average molecular weight is 514 g/mol. The van der Waals surface area contributed by atoms with Gasteiger partial charge in [-0.15, -0.1) is 0 Å². The summed E-state index contributed by atoms with van der Waals surface area (Å²) < 4.78 is 39.8. The Hall–Kier alpha value is -3.54. The van der Waals surface area contributed by atoms with Gasteiger partial charge in [0.2, 0.25) is 5.95 Å². The number of benzene rings is 1. The molecule has 1 aliphatic heterocycles. The summed E-state index contributed by atoms with van der Waals surface area (Å²) in [4.78, 5) is 23.3. The van der Waals surface area contributed by atoms with Gasteiger partial charge in [0.05, 0.1) is 33.1 Å². The molecule has 3 aromatic rings. The van der Waals surface area contributed by atoms with Gasteiger partial charge in [0.15, 0.2) is 5.82 Å². The van der Waals surface area contributed by atoms with Crippen LogP contribution in [-0.2, 0) is 11.3 Å². The maximum Gasteiger partial charge on any atom is 0.254 e. The van der Waals surface area contributed by atoms with Crippen molar-refractivity contribution in [2.75, 3.05) is 51.0 Å². The largest absolute Gasteiger partial charge is 0.496 e. The molecule has 37 heavy (non-hydrogen) atoms. The van der Waals surface area contributed by atoms with E-state index in [0.29, 0.717) is 80.4 Å². The summed E-state index contributed by atoms with van der Waals surface area (Å²) in [6, 6.07) is 5.39. The van der Waals surface area contributed by atoms with Crippen molar-refractivity contribution in [1.29, 1.82) is 0 Å². The SMILES string of the molecule is COc1cc(C(=O)N2CCOCC2)ccc1Cn1ncc2nc(N)nc(NCC3CC4(C3)CC4(F)F)c21. The van der Waals surface area contributed by atoms with Gasteiger partial charge in [-0.3, -0.25) is 9.48 Å². The molecule has 0 radical (unpaired) electrons. The maximum atomic E-state index is 13.6. The molecule has 6 rings (SSSR count). The molecular weight excluding hydrogens is 484 g/mol. The fourth-order valence-electron chi connectivity index (χ4n) is 5.63. The van der Waals surface area contributed by atoms with E-state index in [9.17, 15) is 13.6 Å². The lowest BCUT2D eigenvalue weighted by molar-refractivity contribution is 0.00528. The van der Waals surface area contributed by atoms with E-state index in [1.54, 1.807) is 35.0 Å². The van der Waals surface area contributed by atoms with Crippen LogP contribution < -0.4 is 15.8 Å². The molecule has 12 heteroatoms. The number of alkyl halides is 2. The molecule has 2 saturated carbocycles. The van der Waals surface area contributed by atoms with Crippen LogP contribution in [0.3, 0.4) is 0 Å². The number of morpholine rings is 1. The number of anilines is 2. The molecular formula is C25H29F2N7O3. The minimum absolute atomic E-state index is 0.00659. The number of nitrogen functional groups attached to an aromatic ring is 1. The lowest BCUT2D eigenvalue weighted by atomic mass is 9.71. The van der Waals surface area contributed by atoms with Gasteiger partial charge in [-0.2, -0.15) is 10.1 Å². The van der Waals surface area contributed by atoms with Crippen molar-refractivity contribution in [3.63, 3.8) is 0 Å². The normalized spacial score (nSPS) is 24.2. The third kappa shape index (κ3) is 4.22. The molecule has 3 fully saturated rings. The van der Waals surface area contributed by atoms with Gasteiger partial charge in [0.1, 0.15) is 16.8 Å². The zero-order chi connectivity index (χ0) is 25.8. The second-order valence-corrected chi connectivity index (χ2v) is 10.2. The standard InChI is InChI=1S/C25H29F2N7O3/c1-36-19-8-16(22(35)33-4-6-37-7-5-33)2-3-17(19)13-34-20-18(12-30-34)31-23(28)32-21(20)29-11-15-9-24(10-15)14-25(24,26)27/h2-3,8,12,15H,4-7,9-11,13-14H2,1H3,(H3,28,29,31,32). The highest BCUT2D eigenvalue weighted by Gasteiger charge is 2.75. The van der Waals surface area contributed by atoms with Crippen LogP contribution in [0.15, 0.2) is 24.4 Å². The van der Waals surface area contributed by atoms with Gasteiger partial charge in [0, 0.05) is 42.6 Å². The van der Waals surface area contributed by atoms with Crippen molar-refractivity contribution < 1.29 is 23.0 Å². The number of hydrogen-bond donors (Lipinski definition) is 2. The first-order valence-corrected chi connectivity index (χ1v) is 12.4. The first-order chi connectivity index (χ1) is 17.8. The number of nitrogens with zero attached hydrogens (tertiary/aromatic N) is 5. The number of rotatable bonds is 7. The molecule has 10 nitrogen and oxygen atoms in total. The smallest absolute Gasteiger partial charge is 0.254 e. The first kappa shape index (κ1) is 23.8. The lowest BCUT2D eigenvalue weighted by Crippen LogP contribution is -2.40. The quantitative estimate of drug-likeness (QED) is 0.495. The molecule has 3 N–H and O–H groups in total. The van der Waals surface area contributed by atoms with Gasteiger partial charge >= 0.3 is 0 Å². The van der Waals surface area contributed by atoms with Gasteiger partial charge in [-0.25, -0.2) is 13.8 Å². The van der Waals surface area contributed by atoms with Gasteiger partial charge in [-0.05, 0) is 30.9 Å². The number of hydrogen-bond acceptors (Lipinski definition) is 8. The van der Waals surface area contributed by atoms with E-state index in [4.69, 9.17) is 15.2 Å². The highest BCUT2D eigenvalue weighted by molar-refractivity contribution is 5.95. The average Bonchev–Trinajstić information content (AvgIpc) is 3.24. The summed E-state index contributed by atoms with van der Waals surface area (Å²) >= 11 is 0. The zero-order valence-electron chi connectivity index (χ0n) is 20.5. The fraction of sp³-hybridized carbons (Fsp3) is 0.520. The summed E-state index contributed by atoms with van der Waals surface area (Å²) in [5, 5.41) is 7.78. The zero-order valence-corrected chi connectivity index (χ0v) is 20.5. The number of carbonyl (C=O) groups excluding carboxylic acids is 1. The third-order valence-corrected chi connectivity index (χ3v) is 7.79. The maximum absolute atomic E-state index is 13.6. The molecule has 0 unspecified atom stereocenters. The summed E-state index contributed by atoms with van der Waals surface area (Å²) in [5.74, 6) is -1.21. The van der Waals surface area contributed by atoms with Crippen molar-refractivity contribution in [3.8, 4) is 5.75 Å². The predicted molar refractivity (Wildman–Crippen MR) is 132 cm³/mol. The van der Waals surface area contributed by atoms with Crippen molar-refractivity contribution in [3.05, 3.63) is 35.5 Å². The van der Waals surface area contributed by atoms with E-state index in [1.165, 1.54) is 0 Å². The molecule has 2 aromatic heterocycles. The molecule has 3 heterocycles. The summed E-state index contributed by atoms with van der Waals surface area (Å²) in [5.41, 5.74) is 7.76. The summed E-state index contributed by atoms with van der Waals surface area (Å²) in [6.45, 7) is 3.06. The second-order valence-electron chi connectivity index (χ2n) is 10.2. The van der Waals surface area contributed by atoms with Crippen molar-refractivity contribution in [1.82, 2.24) is 24.6 Å². The number of amides is 1. The molecule has 0 bridgehead atoms. The van der Waals surface area contributed by atoms with Crippen LogP contribution in [0.2, 0.25) is 0 Å². The van der Waals surface area contributed by atoms with Crippen LogP contribution in [0.4, 0.5) is 20.5 Å². The van der Waals surface area contributed by atoms with E-state index in [0.717, 1.165) is 5.56 Å². The number of nitrogens with two attached hydrogens (primary N) is 1. The molecule has 1 saturated heterocycles. The van der Waals surface area contributed by atoms with E-state index < -0.39 is 11.3 Å².